The fraction of sp³-hybridized carbons (Fsp3) is 0.312. The Kier molecular flexibility index (Phi) is 8.41. The lowest BCUT2D eigenvalue weighted by atomic mass is 9.84. The molecule has 0 radical (unpaired) electrons. The number of ketones is 1. The third-order valence-electron chi connectivity index (χ3n) is 6.78. The maximum absolute atomic E-state index is 13.4. The zero-order valence-corrected chi connectivity index (χ0v) is 23.1. The molecule has 7 heteroatoms. The van der Waals surface area contributed by atoms with Crippen molar-refractivity contribution in [3.63, 3.8) is 0 Å². The molecule has 3 aromatic rings. The first-order chi connectivity index (χ1) is 18.7. The molecule has 0 saturated carbocycles. The van der Waals surface area contributed by atoms with Crippen molar-refractivity contribution in [3.8, 4) is 11.5 Å². The predicted octanol–water partition coefficient (Wildman–Crippen LogP) is 5.64. The molecule has 204 valence electrons. The van der Waals surface area contributed by atoms with E-state index < -0.39 is 17.7 Å². The minimum atomic E-state index is -0.805. The molecule has 1 N–H and O–H groups in total. The van der Waals surface area contributed by atoms with Crippen LogP contribution in [0.4, 0.5) is 0 Å². The average Bonchev–Trinajstić information content (AvgIpc) is 3.19. The number of hydrogen-bond donors (Lipinski definition) is 1. The number of hydrogen-bond acceptors (Lipinski definition) is 6. The summed E-state index contributed by atoms with van der Waals surface area (Å²) in [6, 6.07) is 21.5. The quantitative estimate of drug-likeness (QED) is 0.219. The number of rotatable bonds is 9. The molecule has 0 spiro atoms. The summed E-state index contributed by atoms with van der Waals surface area (Å²) >= 11 is 0. The van der Waals surface area contributed by atoms with Crippen LogP contribution in [0.3, 0.4) is 0 Å². The lowest BCUT2D eigenvalue weighted by Crippen LogP contribution is -2.32. The number of methoxy groups -OCH3 is 2. The summed E-state index contributed by atoms with van der Waals surface area (Å²) in [7, 11) is 3.13. The monoisotopic (exact) mass is 529 g/mol. The second-order valence-electron chi connectivity index (χ2n) is 10.5. The summed E-state index contributed by atoms with van der Waals surface area (Å²) in [4.78, 5) is 28.0. The molecule has 0 aliphatic carbocycles. The Bertz CT molecular complexity index is 1370. The maximum Gasteiger partial charge on any atom is 0.295 e. The Balaban J connectivity index is 1.79. The van der Waals surface area contributed by atoms with Crippen molar-refractivity contribution in [1.29, 1.82) is 0 Å². The second kappa shape index (κ2) is 11.7. The molecule has 1 heterocycles. The summed E-state index contributed by atoms with van der Waals surface area (Å²) in [5.41, 5.74) is 2.73. The normalized spacial score (nSPS) is 16.9. The van der Waals surface area contributed by atoms with Crippen molar-refractivity contribution in [3.05, 3.63) is 101 Å². The topological polar surface area (TPSA) is 85.3 Å². The number of ether oxygens (including phenoxy) is 3. The number of amides is 1. The lowest BCUT2D eigenvalue weighted by molar-refractivity contribution is -0.140. The summed E-state index contributed by atoms with van der Waals surface area (Å²) in [5, 5.41) is 11.5. The van der Waals surface area contributed by atoms with Crippen LogP contribution in [0.1, 0.15) is 49.1 Å². The maximum atomic E-state index is 13.4. The highest BCUT2D eigenvalue weighted by Gasteiger charge is 2.46. The standard InChI is InChI=1S/C32H35NO6/c1-32(2,3)25-19-23(14-15-26(25)38-5)29(34)27-28(33(16-17-37-4)31(36)30(27)35)22-12-9-13-24(18-22)39-20-21-10-7-6-8-11-21/h6-15,18-19,28,34H,16-17,20H2,1-5H3/b29-27+. The minimum absolute atomic E-state index is 0.0290. The van der Waals surface area contributed by atoms with Crippen LogP contribution < -0.4 is 9.47 Å². The third kappa shape index (κ3) is 5.99. The van der Waals surface area contributed by atoms with Gasteiger partial charge < -0.3 is 24.2 Å². The molecular weight excluding hydrogens is 494 g/mol. The van der Waals surface area contributed by atoms with Crippen LogP contribution >= 0.6 is 0 Å². The SMILES string of the molecule is COCCN1C(=O)C(=O)/C(=C(/O)c2ccc(OC)c(C(C)(C)C)c2)C1c1cccc(OCc2ccccc2)c1. The number of carbonyl (C=O) groups is 2. The lowest BCUT2D eigenvalue weighted by Gasteiger charge is -2.26. The molecular formula is C32H35NO6. The van der Waals surface area contributed by atoms with Gasteiger partial charge in [0.05, 0.1) is 25.3 Å². The molecule has 0 aromatic heterocycles. The first-order valence-electron chi connectivity index (χ1n) is 12.9. The molecule has 1 fully saturated rings. The Morgan fingerprint density at radius 2 is 1.69 bits per heavy atom. The van der Waals surface area contributed by atoms with Crippen molar-refractivity contribution in [2.75, 3.05) is 27.4 Å². The van der Waals surface area contributed by atoms with E-state index in [4.69, 9.17) is 14.2 Å². The molecule has 1 aliphatic heterocycles. The summed E-state index contributed by atoms with van der Waals surface area (Å²) in [5.74, 6) is -0.384. The van der Waals surface area contributed by atoms with Gasteiger partial charge in [0, 0.05) is 24.8 Å². The fourth-order valence-electron chi connectivity index (χ4n) is 4.76. The van der Waals surface area contributed by atoms with Crippen molar-refractivity contribution in [1.82, 2.24) is 4.90 Å². The van der Waals surface area contributed by atoms with E-state index in [0.29, 0.717) is 29.2 Å². The molecule has 39 heavy (non-hydrogen) atoms. The Morgan fingerprint density at radius 1 is 0.949 bits per heavy atom. The van der Waals surface area contributed by atoms with Gasteiger partial charge in [-0.25, -0.2) is 0 Å². The number of Topliss-reactive ketones (excluding diaryl/α,β-unsaturated/α-hetero) is 1. The minimum Gasteiger partial charge on any atom is -0.507 e. The van der Waals surface area contributed by atoms with Crippen molar-refractivity contribution in [2.24, 2.45) is 0 Å². The smallest absolute Gasteiger partial charge is 0.295 e. The Hall–Kier alpha value is -4.10. The van der Waals surface area contributed by atoms with Gasteiger partial charge in [-0.1, -0.05) is 63.2 Å². The zero-order chi connectivity index (χ0) is 28.2. The highest BCUT2D eigenvalue weighted by atomic mass is 16.5. The van der Waals surface area contributed by atoms with Gasteiger partial charge >= 0.3 is 0 Å². The summed E-state index contributed by atoms with van der Waals surface area (Å²) < 4.78 is 16.8. The number of aliphatic hydroxyl groups excluding tert-OH is 1. The van der Waals surface area contributed by atoms with E-state index in [1.807, 2.05) is 75.4 Å². The van der Waals surface area contributed by atoms with Gasteiger partial charge in [-0.2, -0.15) is 0 Å². The van der Waals surface area contributed by atoms with Crippen LogP contribution in [0.5, 0.6) is 11.5 Å². The van der Waals surface area contributed by atoms with Gasteiger partial charge in [0.25, 0.3) is 11.7 Å². The van der Waals surface area contributed by atoms with Crippen LogP contribution in [0.25, 0.3) is 5.76 Å². The van der Waals surface area contributed by atoms with Gasteiger partial charge in [-0.15, -0.1) is 0 Å². The Morgan fingerprint density at radius 3 is 2.36 bits per heavy atom. The average molecular weight is 530 g/mol. The third-order valence-corrected chi connectivity index (χ3v) is 6.78. The van der Waals surface area contributed by atoms with Crippen molar-refractivity contribution < 1.29 is 28.9 Å². The molecule has 1 atom stereocenters. The van der Waals surface area contributed by atoms with Crippen LogP contribution in [0.15, 0.2) is 78.4 Å². The van der Waals surface area contributed by atoms with Gasteiger partial charge in [-0.3, -0.25) is 9.59 Å². The van der Waals surface area contributed by atoms with Gasteiger partial charge in [0.15, 0.2) is 0 Å². The van der Waals surface area contributed by atoms with Gasteiger partial charge in [-0.05, 0) is 46.9 Å². The van der Waals surface area contributed by atoms with Crippen LogP contribution in [-0.2, 0) is 26.3 Å². The largest absolute Gasteiger partial charge is 0.507 e. The fourth-order valence-corrected chi connectivity index (χ4v) is 4.76. The van der Waals surface area contributed by atoms with Crippen molar-refractivity contribution in [2.45, 2.75) is 38.8 Å². The molecule has 3 aromatic carbocycles. The molecule has 1 aliphatic rings. The van der Waals surface area contributed by atoms with Gasteiger partial charge in [0.1, 0.15) is 23.9 Å². The van der Waals surface area contributed by atoms with Crippen LogP contribution in [0.2, 0.25) is 0 Å². The first-order valence-corrected chi connectivity index (χ1v) is 12.9. The van der Waals surface area contributed by atoms with E-state index in [1.165, 1.54) is 12.0 Å². The van der Waals surface area contributed by atoms with E-state index in [1.54, 1.807) is 25.3 Å². The van der Waals surface area contributed by atoms with Crippen LogP contribution in [0, 0.1) is 0 Å². The van der Waals surface area contributed by atoms with E-state index in [2.05, 4.69) is 0 Å². The number of carbonyl (C=O) groups excluding carboxylic acids is 2. The molecule has 0 bridgehead atoms. The zero-order valence-electron chi connectivity index (χ0n) is 23.1. The molecule has 1 saturated heterocycles. The molecule has 4 rings (SSSR count). The number of likely N-dealkylation sites (tertiary alicyclic amines) is 1. The molecule has 1 unspecified atom stereocenters. The second-order valence-corrected chi connectivity index (χ2v) is 10.5. The van der Waals surface area contributed by atoms with Crippen molar-refractivity contribution >= 4 is 17.4 Å². The predicted molar refractivity (Wildman–Crippen MR) is 150 cm³/mol. The summed E-state index contributed by atoms with van der Waals surface area (Å²) in [6.45, 7) is 6.92. The number of benzene rings is 3. The van der Waals surface area contributed by atoms with Crippen LogP contribution in [-0.4, -0.2) is 49.1 Å². The Labute approximate surface area is 229 Å². The number of aliphatic hydroxyl groups is 1. The summed E-state index contributed by atoms with van der Waals surface area (Å²) in [6.07, 6.45) is 0. The molecule has 7 nitrogen and oxygen atoms in total. The highest BCUT2D eigenvalue weighted by molar-refractivity contribution is 6.46. The van der Waals surface area contributed by atoms with Gasteiger partial charge in [0.2, 0.25) is 0 Å². The van der Waals surface area contributed by atoms with E-state index in [-0.39, 0.29) is 29.9 Å². The van der Waals surface area contributed by atoms with E-state index in [9.17, 15) is 14.7 Å². The van der Waals surface area contributed by atoms with E-state index in [0.717, 1.165) is 11.1 Å². The van der Waals surface area contributed by atoms with E-state index >= 15 is 0 Å². The molecule has 1 amide bonds. The number of nitrogens with zero attached hydrogens (tertiary/aromatic N) is 1. The highest BCUT2D eigenvalue weighted by Crippen LogP contribution is 2.41. The first kappa shape index (κ1) is 27.9.